The van der Waals surface area contributed by atoms with Crippen molar-refractivity contribution < 1.29 is 19.4 Å². The summed E-state index contributed by atoms with van der Waals surface area (Å²) in [5.41, 5.74) is 4.56. The molecule has 3 aliphatic carbocycles. The number of aromatic nitrogens is 14. The molecule has 8 heterocycles. The molecule has 6 aromatic heterocycles. The number of nitrogens with one attached hydrogen (secondary N) is 4. The summed E-state index contributed by atoms with van der Waals surface area (Å²) in [6, 6.07) is 30.4. The van der Waals surface area contributed by atoms with Gasteiger partial charge in [0.1, 0.15) is 17.3 Å². The number of morpholine rings is 2. The van der Waals surface area contributed by atoms with Gasteiger partial charge in [0, 0.05) is 106 Å². The fourth-order valence-electron chi connectivity index (χ4n) is 11.4. The van der Waals surface area contributed by atoms with Crippen LogP contribution < -0.4 is 21.3 Å². The van der Waals surface area contributed by atoms with Gasteiger partial charge in [0.25, 0.3) is 0 Å². The van der Waals surface area contributed by atoms with E-state index in [0.29, 0.717) is 53.5 Å². The van der Waals surface area contributed by atoms with E-state index in [4.69, 9.17) is 14.5 Å². The first-order valence-electron chi connectivity index (χ1n) is 29.5. The second kappa shape index (κ2) is 28.8. The monoisotopic (exact) mass is 1130 g/mol. The number of nitrogens with zero attached hydrogens (tertiary/aromatic N) is 15. The molecular formula is C60H75N19O4. The highest BCUT2D eigenvalue weighted by Crippen LogP contribution is 2.29. The quantitative estimate of drug-likeness (QED) is 0.0710. The fraction of sp³-hybridized carbons (Fsp3) is 0.467. The molecule has 23 heteroatoms. The molecule has 23 nitrogen and oxygen atoms in total. The Kier molecular flexibility index (Phi) is 19.8. The molecule has 5 aliphatic rings. The van der Waals surface area contributed by atoms with Gasteiger partial charge in [0.05, 0.1) is 49.2 Å². The van der Waals surface area contributed by atoms with Gasteiger partial charge in [-0.1, -0.05) is 52.9 Å². The van der Waals surface area contributed by atoms with E-state index < -0.39 is 0 Å². The molecule has 0 spiro atoms. The Labute approximate surface area is 482 Å². The van der Waals surface area contributed by atoms with Gasteiger partial charge in [-0.25, -0.2) is 19.6 Å². The topological polar surface area (TPSA) is 264 Å². The van der Waals surface area contributed by atoms with Crippen molar-refractivity contribution in [1.29, 1.82) is 0 Å². The Hall–Kier alpha value is -7.96. The van der Waals surface area contributed by atoms with E-state index in [0.717, 1.165) is 155 Å². The summed E-state index contributed by atoms with van der Waals surface area (Å²) < 4.78 is 15.8. The van der Waals surface area contributed by atoms with E-state index >= 15 is 0 Å². The summed E-state index contributed by atoms with van der Waals surface area (Å²) in [5, 5.41) is 45.1. The molecule has 0 amide bonds. The number of fused-ring (bicyclic) bond motifs is 3. The molecule has 3 aromatic carbocycles. The number of benzene rings is 3. The first-order chi connectivity index (χ1) is 41.0. The fourth-order valence-corrected chi connectivity index (χ4v) is 11.4. The zero-order valence-corrected chi connectivity index (χ0v) is 46.9. The minimum absolute atomic E-state index is 0.205. The molecule has 0 radical (unpaired) electrons. The lowest BCUT2D eigenvalue weighted by molar-refractivity contribution is -0.111. The van der Waals surface area contributed by atoms with E-state index in [1.165, 1.54) is 32.2 Å². The van der Waals surface area contributed by atoms with Crippen molar-refractivity contribution >= 4 is 57.1 Å². The maximum absolute atomic E-state index is 10.8. The van der Waals surface area contributed by atoms with E-state index in [1.54, 1.807) is 21.8 Å². The van der Waals surface area contributed by atoms with E-state index in [9.17, 15) is 9.90 Å². The smallest absolute Gasteiger partial charge is 0.224 e. The predicted octanol–water partition coefficient (Wildman–Crippen LogP) is 7.28. The van der Waals surface area contributed by atoms with Crippen molar-refractivity contribution in [2.75, 3.05) is 81.7 Å². The standard InChI is InChI=1S/C22H28N6O.C17H20N6O.C17H18N6O.C4H9NO/c1-2-4-20-18(3-1)15-24-28(20)21-9-10-23-22(26-21)25-19-7-5-17(6-8-19)16-27-11-13-29-14-12-27;2*24-11-12-5-7-13(8-6-12)19-17-18-10-9-16(20-17)23-15-4-2-1-3-14(15)21-22-23;1-3-6-4-2-5-1/h1-4,9-10,15,17,19H,5-8,11-14,16H2,(H,23,25,26);1-4,9-10,12-13,24H,5-8,11H2,(H,18,19,20);1-4,9-13H,5-8H2,(H,18,19,20);5H,1-4H2. The molecule has 2 aliphatic heterocycles. The second-order valence-corrected chi connectivity index (χ2v) is 21.9. The number of carbonyl (C=O) groups excluding carboxylic acids is 1. The van der Waals surface area contributed by atoms with Crippen molar-refractivity contribution in [2.45, 2.75) is 95.2 Å². The van der Waals surface area contributed by atoms with Crippen LogP contribution in [-0.4, -0.2) is 170 Å². The van der Waals surface area contributed by atoms with Crippen LogP contribution in [0.1, 0.15) is 77.0 Å². The number of ether oxygens (including phenoxy) is 2. The molecule has 5 N–H and O–H groups in total. The molecule has 2 saturated heterocycles. The summed E-state index contributed by atoms with van der Waals surface area (Å²) in [6.07, 6.45) is 21.0. The normalized spacial score (nSPS) is 22.0. The van der Waals surface area contributed by atoms with Gasteiger partial charge >= 0.3 is 0 Å². The molecule has 0 bridgehead atoms. The molecular weight excluding hydrogens is 1050 g/mol. The van der Waals surface area contributed by atoms with Crippen LogP contribution in [0.2, 0.25) is 0 Å². The van der Waals surface area contributed by atoms with Gasteiger partial charge in [-0.3, -0.25) is 4.90 Å². The molecule has 3 saturated carbocycles. The highest BCUT2D eigenvalue weighted by atomic mass is 16.5. The zero-order chi connectivity index (χ0) is 56.4. The van der Waals surface area contributed by atoms with E-state index in [1.807, 2.05) is 95.9 Å². The maximum atomic E-state index is 10.8. The number of hydrogen-bond donors (Lipinski definition) is 5. The first kappa shape index (κ1) is 56.9. The number of aliphatic hydroxyl groups is 1. The van der Waals surface area contributed by atoms with Crippen LogP contribution in [0.3, 0.4) is 0 Å². The summed E-state index contributed by atoms with van der Waals surface area (Å²) in [4.78, 5) is 40.4. The Balaban J connectivity index is 0.000000124. The molecule has 434 valence electrons. The Bertz CT molecular complexity index is 3420. The third-order valence-corrected chi connectivity index (χ3v) is 16.1. The predicted molar refractivity (Wildman–Crippen MR) is 318 cm³/mol. The lowest BCUT2D eigenvalue weighted by Gasteiger charge is -2.34. The van der Waals surface area contributed by atoms with Gasteiger partial charge in [-0.05, 0) is 119 Å². The van der Waals surface area contributed by atoms with Crippen LogP contribution in [0.15, 0.2) is 116 Å². The molecule has 5 fully saturated rings. The minimum atomic E-state index is 0.205. The zero-order valence-electron chi connectivity index (χ0n) is 46.9. The van der Waals surface area contributed by atoms with Gasteiger partial charge in [-0.2, -0.15) is 29.4 Å². The van der Waals surface area contributed by atoms with E-state index in [-0.39, 0.29) is 12.5 Å². The number of rotatable bonds is 13. The third kappa shape index (κ3) is 15.4. The largest absolute Gasteiger partial charge is 0.396 e. The molecule has 14 rings (SSSR count). The van der Waals surface area contributed by atoms with Crippen molar-refractivity contribution in [3.63, 3.8) is 0 Å². The molecule has 0 atom stereocenters. The van der Waals surface area contributed by atoms with Crippen molar-refractivity contribution in [3.05, 3.63) is 116 Å². The van der Waals surface area contributed by atoms with Crippen LogP contribution in [0.4, 0.5) is 17.8 Å². The van der Waals surface area contributed by atoms with Gasteiger partial charge in [-0.15, -0.1) is 10.2 Å². The van der Waals surface area contributed by atoms with Crippen LogP contribution in [0.5, 0.6) is 0 Å². The lowest BCUT2D eigenvalue weighted by atomic mass is 9.85. The van der Waals surface area contributed by atoms with Crippen molar-refractivity contribution in [3.8, 4) is 17.5 Å². The molecule has 0 unspecified atom stereocenters. The summed E-state index contributed by atoms with van der Waals surface area (Å²) in [7, 11) is 0. The van der Waals surface area contributed by atoms with Crippen LogP contribution in [-0.2, 0) is 14.3 Å². The van der Waals surface area contributed by atoms with Crippen molar-refractivity contribution in [1.82, 2.24) is 79.9 Å². The maximum Gasteiger partial charge on any atom is 0.224 e. The number of hydrogen-bond acceptors (Lipinski definition) is 20. The highest BCUT2D eigenvalue weighted by Gasteiger charge is 2.26. The Morgan fingerprint density at radius 3 is 1.47 bits per heavy atom. The van der Waals surface area contributed by atoms with Gasteiger partial charge < -0.3 is 40.6 Å². The number of anilines is 3. The minimum Gasteiger partial charge on any atom is -0.396 e. The average Bonchev–Trinajstić information content (AvgIpc) is 4.54. The van der Waals surface area contributed by atoms with Gasteiger partial charge in [0.15, 0.2) is 17.5 Å². The SMILES string of the molecule is C1COCCN1.O=CC1CCC(Nc2nccc(-n3nnc4ccccc43)n2)CC1.OCC1CCC(Nc2nccc(-n3nnc4ccccc43)n2)CC1.c1ccc2c(c1)cnn2-c1ccnc(NC2CCC(CN3CCOCC3)CC2)n1. The second-order valence-electron chi connectivity index (χ2n) is 21.9. The van der Waals surface area contributed by atoms with E-state index in [2.05, 4.69) is 88.9 Å². The average molecular weight is 1130 g/mol. The Morgan fingerprint density at radius 2 is 0.988 bits per heavy atom. The summed E-state index contributed by atoms with van der Waals surface area (Å²) >= 11 is 0. The van der Waals surface area contributed by atoms with Gasteiger partial charge in [0.2, 0.25) is 17.8 Å². The Morgan fingerprint density at radius 1 is 0.530 bits per heavy atom. The van der Waals surface area contributed by atoms with Crippen LogP contribution in [0, 0.1) is 17.8 Å². The van der Waals surface area contributed by atoms with Crippen molar-refractivity contribution in [2.24, 2.45) is 17.8 Å². The number of aliphatic hydroxyl groups excluding tert-OH is 1. The summed E-state index contributed by atoms with van der Waals surface area (Å²) in [5.74, 6) is 5.51. The van der Waals surface area contributed by atoms with Crippen LogP contribution in [0.25, 0.3) is 50.4 Å². The lowest BCUT2D eigenvalue weighted by Crippen LogP contribution is -2.40. The molecule has 9 aromatic rings. The number of aldehydes is 1. The highest BCUT2D eigenvalue weighted by molar-refractivity contribution is 5.80. The summed E-state index contributed by atoms with van der Waals surface area (Å²) in [6.45, 7) is 9.28. The molecule has 83 heavy (non-hydrogen) atoms. The number of para-hydroxylation sites is 3. The number of carbonyl (C=O) groups is 1. The first-order valence-corrected chi connectivity index (χ1v) is 29.5. The third-order valence-electron chi connectivity index (χ3n) is 16.1. The van der Waals surface area contributed by atoms with Crippen LogP contribution >= 0.6 is 0 Å².